The van der Waals surface area contributed by atoms with E-state index in [1.807, 2.05) is 36.4 Å². The van der Waals surface area contributed by atoms with Crippen LogP contribution in [0.4, 0.5) is 0 Å². The molecule has 2 saturated carbocycles. The summed E-state index contributed by atoms with van der Waals surface area (Å²) in [7, 11) is -4.36. The van der Waals surface area contributed by atoms with E-state index in [-0.39, 0.29) is 16.9 Å². The van der Waals surface area contributed by atoms with Crippen molar-refractivity contribution in [2.75, 3.05) is 0 Å². The van der Waals surface area contributed by atoms with Gasteiger partial charge in [0.1, 0.15) is 5.76 Å². The van der Waals surface area contributed by atoms with Crippen molar-refractivity contribution in [3.8, 4) is 0 Å². The van der Waals surface area contributed by atoms with Crippen molar-refractivity contribution in [1.82, 2.24) is 0 Å². The third-order valence-corrected chi connectivity index (χ3v) is 10.3. The molecule has 1 heterocycles. The molecule has 164 valence electrons. The molecule has 0 saturated heterocycles. The monoisotopic (exact) mass is 476 g/mol. The lowest BCUT2D eigenvalue weighted by Crippen LogP contribution is -2.36. The second-order valence-corrected chi connectivity index (χ2v) is 12.3. The largest absolute Gasteiger partial charge is 0.527 e. The Morgan fingerprint density at radius 3 is 2.58 bits per heavy atom. The molecule has 31 heavy (non-hydrogen) atoms. The highest BCUT2D eigenvalue weighted by atomic mass is 35.5. The molecular formula is C24H26ClO4PS. The predicted octanol–water partition coefficient (Wildman–Crippen LogP) is 7.65. The van der Waals surface area contributed by atoms with Crippen LogP contribution in [-0.4, -0.2) is 11.0 Å². The van der Waals surface area contributed by atoms with Crippen LogP contribution in [0.15, 0.2) is 52.3 Å². The Hall–Kier alpha value is -1.23. The lowest BCUT2D eigenvalue weighted by atomic mass is 9.70. The van der Waals surface area contributed by atoms with E-state index in [1.54, 1.807) is 23.9 Å². The molecule has 0 aromatic heterocycles. The Labute approximate surface area is 192 Å². The molecule has 0 radical (unpaired) electrons. The molecule has 1 N–H and O–H groups in total. The van der Waals surface area contributed by atoms with Crippen LogP contribution in [0.3, 0.4) is 0 Å². The SMILES string of the molecule is CC1(C)[C@@H]2CC[C@@]1(C)[C@H](OP(=O)(O)OC1=Cc3c(Cl)cccc3Sc3ccccc31)C2. The van der Waals surface area contributed by atoms with Gasteiger partial charge >= 0.3 is 7.82 Å². The predicted molar refractivity (Wildman–Crippen MR) is 125 cm³/mol. The minimum absolute atomic E-state index is 0.0783. The average Bonchev–Trinajstić information content (AvgIpc) is 2.95. The van der Waals surface area contributed by atoms with Crippen molar-refractivity contribution in [2.45, 2.75) is 55.9 Å². The summed E-state index contributed by atoms with van der Waals surface area (Å²) in [5.74, 6) is 0.802. The van der Waals surface area contributed by atoms with Crippen LogP contribution in [-0.2, 0) is 13.6 Å². The summed E-state index contributed by atoms with van der Waals surface area (Å²) in [6, 6.07) is 13.4. The third kappa shape index (κ3) is 3.50. The average molecular weight is 477 g/mol. The summed E-state index contributed by atoms with van der Waals surface area (Å²) in [6.45, 7) is 6.67. The first-order valence-corrected chi connectivity index (χ1v) is 13.3. The molecule has 5 rings (SSSR count). The van der Waals surface area contributed by atoms with Gasteiger partial charge in [0.15, 0.2) is 0 Å². The van der Waals surface area contributed by atoms with E-state index in [0.717, 1.165) is 40.2 Å². The van der Waals surface area contributed by atoms with Gasteiger partial charge in [-0.3, -0.25) is 9.42 Å². The van der Waals surface area contributed by atoms with Crippen molar-refractivity contribution >= 4 is 43.0 Å². The molecule has 2 fully saturated rings. The molecule has 3 aliphatic rings. The first kappa shape index (κ1) is 21.6. The number of rotatable bonds is 4. The maximum atomic E-state index is 13.2. The Morgan fingerprint density at radius 1 is 1.13 bits per heavy atom. The van der Waals surface area contributed by atoms with Crippen LogP contribution in [0.5, 0.6) is 0 Å². The molecule has 1 unspecified atom stereocenters. The Morgan fingerprint density at radius 2 is 1.87 bits per heavy atom. The van der Waals surface area contributed by atoms with E-state index in [2.05, 4.69) is 20.8 Å². The topological polar surface area (TPSA) is 55.8 Å². The molecule has 0 amide bonds. The first-order chi connectivity index (χ1) is 14.6. The van der Waals surface area contributed by atoms with Gasteiger partial charge in [-0.05, 0) is 60.3 Å². The van der Waals surface area contributed by atoms with Crippen molar-refractivity contribution in [1.29, 1.82) is 0 Å². The Bertz CT molecular complexity index is 1130. The van der Waals surface area contributed by atoms with E-state index in [9.17, 15) is 9.46 Å². The third-order valence-electron chi connectivity index (χ3n) is 7.85. The first-order valence-electron chi connectivity index (χ1n) is 10.6. The number of benzene rings is 2. The Balaban J connectivity index is 1.48. The summed E-state index contributed by atoms with van der Waals surface area (Å²) in [5.41, 5.74) is 1.46. The number of phosphoric acid groups is 1. The molecular weight excluding hydrogens is 451 g/mol. The lowest BCUT2D eigenvalue weighted by molar-refractivity contribution is 0.0107. The van der Waals surface area contributed by atoms with Gasteiger partial charge in [0.05, 0.1) is 6.10 Å². The standard InChI is InChI=1S/C24H26ClO4PS/c1-23(2)15-11-12-24(23,3)22(13-15)29-30(26,27)28-19-14-17-18(25)8-6-10-21(17)31-20-9-5-4-7-16(19)20/h4-10,14-15,22H,11-13H2,1-3H3,(H,26,27)/t15-,22-,24+/m1/s1. The fourth-order valence-electron chi connectivity index (χ4n) is 5.50. The molecule has 1 aliphatic heterocycles. The zero-order valence-corrected chi connectivity index (χ0v) is 20.3. The Kier molecular flexibility index (Phi) is 5.16. The molecule has 4 atom stereocenters. The van der Waals surface area contributed by atoms with Crippen molar-refractivity contribution < 1.29 is 18.5 Å². The smallest absolute Gasteiger partial charge is 0.403 e. The molecule has 7 heteroatoms. The molecule has 2 aliphatic carbocycles. The van der Waals surface area contributed by atoms with E-state index in [1.165, 1.54) is 0 Å². The van der Waals surface area contributed by atoms with Gasteiger partial charge in [0, 0.05) is 25.9 Å². The van der Waals surface area contributed by atoms with Gasteiger partial charge in [0.25, 0.3) is 0 Å². The molecule has 2 bridgehead atoms. The molecule has 4 nitrogen and oxygen atoms in total. The number of hydrogen-bond donors (Lipinski definition) is 1. The van der Waals surface area contributed by atoms with Crippen LogP contribution < -0.4 is 0 Å². The summed E-state index contributed by atoms with van der Waals surface area (Å²) in [6.07, 6.45) is 4.38. The van der Waals surface area contributed by atoms with Crippen molar-refractivity contribution in [3.63, 3.8) is 0 Å². The maximum Gasteiger partial charge on any atom is 0.527 e. The molecule has 2 aromatic carbocycles. The van der Waals surface area contributed by atoms with Gasteiger partial charge in [0.2, 0.25) is 0 Å². The highest BCUT2D eigenvalue weighted by Gasteiger charge is 2.63. The zero-order valence-electron chi connectivity index (χ0n) is 17.8. The lowest BCUT2D eigenvalue weighted by Gasteiger charge is -2.39. The summed E-state index contributed by atoms with van der Waals surface area (Å²) >= 11 is 8.01. The molecule has 2 aromatic rings. The van der Waals surface area contributed by atoms with Crippen LogP contribution >= 0.6 is 31.2 Å². The van der Waals surface area contributed by atoms with Crippen LogP contribution in [0.25, 0.3) is 11.8 Å². The van der Waals surface area contributed by atoms with Crippen molar-refractivity contribution in [3.05, 3.63) is 58.6 Å². The fourth-order valence-corrected chi connectivity index (χ4v) is 7.96. The highest BCUT2D eigenvalue weighted by Crippen LogP contribution is 2.69. The van der Waals surface area contributed by atoms with Crippen LogP contribution in [0.2, 0.25) is 5.02 Å². The van der Waals surface area contributed by atoms with Gasteiger partial charge in [-0.1, -0.05) is 68.4 Å². The van der Waals surface area contributed by atoms with E-state index in [0.29, 0.717) is 16.7 Å². The maximum absolute atomic E-state index is 13.2. The van der Waals surface area contributed by atoms with Gasteiger partial charge in [-0.15, -0.1) is 0 Å². The quantitative estimate of drug-likeness (QED) is 0.459. The minimum Gasteiger partial charge on any atom is -0.403 e. The van der Waals surface area contributed by atoms with Crippen LogP contribution in [0.1, 0.15) is 51.2 Å². The second-order valence-electron chi connectivity index (χ2n) is 9.52. The summed E-state index contributed by atoms with van der Waals surface area (Å²) in [4.78, 5) is 12.7. The number of hydrogen-bond acceptors (Lipinski definition) is 4. The summed E-state index contributed by atoms with van der Waals surface area (Å²) < 4.78 is 24.8. The van der Waals surface area contributed by atoms with E-state index in [4.69, 9.17) is 20.6 Å². The molecule has 0 spiro atoms. The van der Waals surface area contributed by atoms with E-state index < -0.39 is 7.82 Å². The summed E-state index contributed by atoms with van der Waals surface area (Å²) in [5, 5.41) is 0.565. The highest BCUT2D eigenvalue weighted by molar-refractivity contribution is 7.99. The van der Waals surface area contributed by atoms with Gasteiger partial charge in [-0.2, -0.15) is 0 Å². The number of halogens is 1. The normalized spacial score (nSPS) is 30.0. The number of phosphoric ester groups is 1. The van der Waals surface area contributed by atoms with E-state index >= 15 is 0 Å². The zero-order chi connectivity index (χ0) is 22.0. The minimum atomic E-state index is -4.36. The fraction of sp³-hybridized carbons (Fsp3) is 0.417. The van der Waals surface area contributed by atoms with Gasteiger partial charge < -0.3 is 4.52 Å². The second kappa shape index (κ2) is 7.40. The van der Waals surface area contributed by atoms with Crippen LogP contribution in [0, 0.1) is 16.7 Å². The van der Waals surface area contributed by atoms with Gasteiger partial charge in [-0.25, -0.2) is 4.57 Å². The van der Waals surface area contributed by atoms with Crippen molar-refractivity contribution in [2.24, 2.45) is 16.7 Å². The number of fused-ring (bicyclic) bond motifs is 4.